The van der Waals surface area contributed by atoms with Crippen molar-refractivity contribution in [3.63, 3.8) is 0 Å². The Morgan fingerprint density at radius 2 is 1.96 bits per heavy atom. The molecular formula is C20H21N5O2. The van der Waals surface area contributed by atoms with Crippen LogP contribution < -0.4 is 10.7 Å². The highest BCUT2D eigenvalue weighted by Crippen LogP contribution is 2.22. The number of rotatable bonds is 4. The van der Waals surface area contributed by atoms with Gasteiger partial charge in [0.15, 0.2) is 0 Å². The van der Waals surface area contributed by atoms with E-state index < -0.39 is 6.04 Å². The molecule has 2 N–H and O–H groups in total. The van der Waals surface area contributed by atoms with Gasteiger partial charge in [-0.2, -0.15) is 5.10 Å². The second-order valence-corrected chi connectivity index (χ2v) is 6.62. The smallest absolute Gasteiger partial charge is 0.272 e. The lowest BCUT2D eigenvalue weighted by atomic mass is 9.94. The van der Waals surface area contributed by atoms with Crippen LogP contribution in [0.1, 0.15) is 33.4 Å². The largest absolute Gasteiger partial charge is 0.335 e. The first-order chi connectivity index (χ1) is 13.3. The van der Waals surface area contributed by atoms with Gasteiger partial charge in [0.1, 0.15) is 18.0 Å². The van der Waals surface area contributed by atoms with Crippen LogP contribution in [-0.4, -0.2) is 54.0 Å². The Morgan fingerprint density at radius 3 is 2.78 bits per heavy atom. The van der Waals surface area contributed by atoms with Crippen molar-refractivity contribution in [1.29, 1.82) is 0 Å². The van der Waals surface area contributed by atoms with E-state index in [0.717, 1.165) is 41.9 Å². The Labute approximate surface area is 157 Å². The number of benzene rings is 1. The van der Waals surface area contributed by atoms with Crippen LogP contribution in [0.15, 0.2) is 47.6 Å². The summed E-state index contributed by atoms with van der Waals surface area (Å²) in [6.07, 6.45) is 1.34. The molecule has 0 bridgehead atoms. The molecule has 1 amide bonds. The molecule has 0 radical (unpaired) electrons. The number of piperazine rings is 1. The number of pyridine rings is 1. The summed E-state index contributed by atoms with van der Waals surface area (Å²) in [5.41, 5.74) is 6.78. The maximum Gasteiger partial charge on any atom is 0.272 e. The van der Waals surface area contributed by atoms with Gasteiger partial charge in [0.2, 0.25) is 0 Å². The standard InChI is InChI=1S/C20H21N5O2/c26-13-19-16-6-2-1-5-15(16)18(23-24-19)12-14-4-3-7-17(22-14)20(27)25-10-8-21-9-11-25/h1-7,13,19,21,24H,8-12H2. The molecule has 138 valence electrons. The number of hydrazone groups is 1. The van der Waals surface area contributed by atoms with Crippen LogP contribution in [0.4, 0.5) is 0 Å². The fraction of sp³-hybridized carbons (Fsp3) is 0.300. The summed E-state index contributed by atoms with van der Waals surface area (Å²) >= 11 is 0. The van der Waals surface area contributed by atoms with E-state index in [-0.39, 0.29) is 5.91 Å². The molecule has 1 aromatic heterocycles. The Morgan fingerprint density at radius 1 is 1.15 bits per heavy atom. The number of hydrogen-bond donors (Lipinski definition) is 2. The van der Waals surface area contributed by atoms with Crippen molar-refractivity contribution in [1.82, 2.24) is 20.6 Å². The zero-order valence-electron chi connectivity index (χ0n) is 14.9. The molecule has 0 saturated carbocycles. The third-order valence-electron chi connectivity index (χ3n) is 4.86. The molecule has 1 saturated heterocycles. The van der Waals surface area contributed by atoms with Gasteiger partial charge < -0.3 is 15.0 Å². The summed E-state index contributed by atoms with van der Waals surface area (Å²) in [5.74, 6) is -0.0384. The summed E-state index contributed by atoms with van der Waals surface area (Å²) < 4.78 is 0. The molecule has 7 nitrogen and oxygen atoms in total. The second kappa shape index (κ2) is 7.67. The van der Waals surface area contributed by atoms with E-state index >= 15 is 0 Å². The first kappa shape index (κ1) is 17.4. The predicted octanol–water partition coefficient (Wildman–Crippen LogP) is 0.917. The fourth-order valence-electron chi connectivity index (χ4n) is 3.45. The topological polar surface area (TPSA) is 86.7 Å². The van der Waals surface area contributed by atoms with E-state index in [0.29, 0.717) is 25.2 Å². The zero-order valence-corrected chi connectivity index (χ0v) is 14.9. The minimum Gasteiger partial charge on any atom is -0.335 e. The van der Waals surface area contributed by atoms with E-state index in [9.17, 15) is 9.59 Å². The van der Waals surface area contributed by atoms with Gasteiger partial charge in [-0.15, -0.1) is 0 Å². The van der Waals surface area contributed by atoms with Gasteiger partial charge in [-0.25, -0.2) is 4.98 Å². The van der Waals surface area contributed by atoms with Gasteiger partial charge >= 0.3 is 0 Å². The maximum atomic E-state index is 12.7. The van der Waals surface area contributed by atoms with Crippen molar-refractivity contribution in [2.24, 2.45) is 5.10 Å². The molecule has 2 aliphatic heterocycles. The summed E-state index contributed by atoms with van der Waals surface area (Å²) in [4.78, 5) is 30.3. The number of nitrogens with zero attached hydrogens (tertiary/aromatic N) is 3. The van der Waals surface area contributed by atoms with E-state index in [2.05, 4.69) is 20.8 Å². The number of nitrogens with one attached hydrogen (secondary N) is 2. The number of hydrogen-bond acceptors (Lipinski definition) is 6. The highest BCUT2D eigenvalue weighted by atomic mass is 16.2. The van der Waals surface area contributed by atoms with Crippen molar-refractivity contribution < 1.29 is 9.59 Å². The number of amides is 1. The van der Waals surface area contributed by atoms with Crippen molar-refractivity contribution in [3.8, 4) is 0 Å². The molecule has 0 aliphatic carbocycles. The Bertz CT molecular complexity index is 889. The molecule has 27 heavy (non-hydrogen) atoms. The number of aromatic nitrogens is 1. The minimum atomic E-state index is -0.432. The lowest BCUT2D eigenvalue weighted by Gasteiger charge is -2.27. The molecule has 0 spiro atoms. The molecule has 1 atom stereocenters. The highest BCUT2D eigenvalue weighted by molar-refractivity contribution is 6.04. The van der Waals surface area contributed by atoms with Crippen LogP contribution in [0.5, 0.6) is 0 Å². The fourth-order valence-corrected chi connectivity index (χ4v) is 3.45. The lowest BCUT2D eigenvalue weighted by molar-refractivity contribution is -0.109. The Balaban J connectivity index is 1.56. The van der Waals surface area contributed by atoms with Gasteiger partial charge in [-0.1, -0.05) is 30.3 Å². The second-order valence-electron chi connectivity index (χ2n) is 6.62. The van der Waals surface area contributed by atoms with E-state index in [4.69, 9.17) is 0 Å². The summed E-state index contributed by atoms with van der Waals surface area (Å²) in [7, 11) is 0. The van der Waals surface area contributed by atoms with E-state index in [1.54, 1.807) is 6.07 Å². The zero-order chi connectivity index (χ0) is 18.6. The maximum absolute atomic E-state index is 12.7. The number of carbonyl (C=O) groups is 2. The number of aldehydes is 1. The third-order valence-corrected chi connectivity index (χ3v) is 4.86. The van der Waals surface area contributed by atoms with Gasteiger partial charge in [0.05, 0.1) is 5.71 Å². The molecule has 1 aromatic carbocycles. The van der Waals surface area contributed by atoms with Crippen LogP contribution >= 0.6 is 0 Å². The van der Waals surface area contributed by atoms with Crippen molar-refractivity contribution in [2.45, 2.75) is 12.5 Å². The third kappa shape index (κ3) is 3.59. The lowest BCUT2D eigenvalue weighted by Crippen LogP contribution is -2.46. The molecule has 2 aliphatic rings. The molecule has 7 heteroatoms. The quantitative estimate of drug-likeness (QED) is 0.789. The Hall–Kier alpha value is -3.06. The molecule has 3 heterocycles. The van der Waals surface area contributed by atoms with Crippen LogP contribution in [0, 0.1) is 0 Å². The van der Waals surface area contributed by atoms with Crippen LogP contribution in [-0.2, 0) is 11.2 Å². The van der Waals surface area contributed by atoms with E-state index in [1.165, 1.54) is 0 Å². The molecule has 4 rings (SSSR count). The highest BCUT2D eigenvalue weighted by Gasteiger charge is 2.23. The SMILES string of the molecule is O=CC1NN=C(Cc2cccc(C(=O)N3CCNCC3)n2)c2ccccc21. The molecular weight excluding hydrogens is 342 g/mol. The summed E-state index contributed by atoms with van der Waals surface area (Å²) in [6, 6.07) is 12.8. The molecule has 1 fully saturated rings. The first-order valence-corrected chi connectivity index (χ1v) is 9.09. The molecule has 2 aromatic rings. The van der Waals surface area contributed by atoms with Crippen LogP contribution in [0.25, 0.3) is 0 Å². The van der Waals surface area contributed by atoms with Crippen molar-refractivity contribution in [2.75, 3.05) is 26.2 Å². The minimum absolute atomic E-state index is 0.0384. The van der Waals surface area contributed by atoms with E-state index in [1.807, 2.05) is 41.3 Å². The Kier molecular flexibility index (Phi) is 4.93. The van der Waals surface area contributed by atoms with Crippen LogP contribution in [0.3, 0.4) is 0 Å². The van der Waals surface area contributed by atoms with Crippen molar-refractivity contribution in [3.05, 3.63) is 65.0 Å². The monoisotopic (exact) mass is 363 g/mol. The average molecular weight is 363 g/mol. The first-order valence-electron chi connectivity index (χ1n) is 9.09. The number of fused-ring (bicyclic) bond motifs is 1. The molecule has 1 unspecified atom stereocenters. The van der Waals surface area contributed by atoms with Gasteiger partial charge in [-0.05, 0) is 17.7 Å². The van der Waals surface area contributed by atoms with Gasteiger partial charge in [-0.3, -0.25) is 10.2 Å². The normalized spacial score (nSPS) is 18.9. The van der Waals surface area contributed by atoms with Crippen molar-refractivity contribution >= 4 is 17.9 Å². The average Bonchev–Trinajstić information content (AvgIpc) is 2.74. The predicted molar refractivity (Wildman–Crippen MR) is 102 cm³/mol. The summed E-state index contributed by atoms with van der Waals surface area (Å²) in [6.45, 7) is 3.01. The van der Waals surface area contributed by atoms with Gasteiger partial charge in [0, 0.05) is 43.9 Å². The number of carbonyl (C=O) groups excluding carboxylic acids is 2. The van der Waals surface area contributed by atoms with Crippen LogP contribution in [0.2, 0.25) is 0 Å². The summed E-state index contributed by atoms with van der Waals surface area (Å²) in [5, 5.41) is 7.62. The van der Waals surface area contributed by atoms with Gasteiger partial charge in [0.25, 0.3) is 5.91 Å².